The number of aliphatic hydroxyl groups excluding tert-OH is 1. The largest absolute Gasteiger partial charge is 0.457 e. The number of hydrogen-bond donors (Lipinski definition) is 1. The highest BCUT2D eigenvalue weighted by atomic mass is 16.6. The molecule has 236 valence electrons. The minimum Gasteiger partial charge on any atom is -0.457 e. The average molecular weight is 565 g/mol. The standard InChI is InChI=1S/C36H68O4/c1-3-5-7-9-11-13-15-16-17-18-19-20-22-24-26-28-30-32-39-34-35(33-37)40-36(38)31-29-27-25-23-21-14-12-10-8-6-4-2/h10,12,17-18,35,37H,3-9,11,13-16,19-34H2,1-2H3/b12-10-,18-17-. The summed E-state index contributed by atoms with van der Waals surface area (Å²) >= 11 is 0. The lowest BCUT2D eigenvalue weighted by Gasteiger charge is -2.15. The fourth-order valence-electron chi connectivity index (χ4n) is 4.83. The van der Waals surface area contributed by atoms with E-state index in [1.54, 1.807) is 0 Å². The molecular weight excluding hydrogens is 496 g/mol. The number of rotatable bonds is 32. The van der Waals surface area contributed by atoms with Crippen molar-refractivity contribution in [1.29, 1.82) is 0 Å². The van der Waals surface area contributed by atoms with Gasteiger partial charge in [-0.25, -0.2) is 0 Å². The molecule has 0 rings (SSSR count). The summed E-state index contributed by atoms with van der Waals surface area (Å²) in [4.78, 5) is 12.1. The molecule has 0 aliphatic heterocycles. The van der Waals surface area contributed by atoms with Crippen molar-refractivity contribution in [3.8, 4) is 0 Å². The molecule has 40 heavy (non-hydrogen) atoms. The summed E-state index contributed by atoms with van der Waals surface area (Å²) in [5.74, 6) is -0.214. The first kappa shape index (κ1) is 38.9. The second kappa shape index (κ2) is 34.1. The van der Waals surface area contributed by atoms with Gasteiger partial charge in [0.05, 0.1) is 13.2 Å². The van der Waals surface area contributed by atoms with Crippen molar-refractivity contribution in [1.82, 2.24) is 0 Å². The smallest absolute Gasteiger partial charge is 0.306 e. The van der Waals surface area contributed by atoms with Gasteiger partial charge in [-0.2, -0.15) is 0 Å². The molecular formula is C36H68O4. The van der Waals surface area contributed by atoms with E-state index in [9.17, 15) is 9.90 Å². The molecule has 0 spiro atoms. The van der Waals surface area contributed by atoms with Gasteiger partial charge in [0.1, 0.15) is 6.10 Å². The Morgan fingerprint density at radius 1 is 0.575 bits per heavy atom. The van der Waals surface area contributed by atoms with E-state index in [0.29, 0.717) is 19.6 Å². The lowest BCUT2D eigenvalue weighted by atomic mass is 10.1. The number of carbonyl (C=O) groups excluding carboxylic acids is 1. The maximum Gasteiger partial charge on any atom is 0.306 e. The van der Waals surface area contributed by atoms with E-state index in [-0.39, 0.29) is 12.6 Å². The highest BCUT2D eigenvalue weighted by molar-refractivity contribution is 5.69. The van der Waals surface area contributed by atoms with Crippen LogP contribution in [-0.4, -0.2) is 37.0 Å². The molecule has 0 saturated carbocycles. The Bertz CT molecular complexity index is 557. The molecule has 4 nitrogen and oxygen atoms in total. The van der Waals surface area contributed by atoms with Gasteiger partial charge in [0, 0.05) is 13.0 Å². The Morgan fingerprint density at radius 2 is 1.00 bits per heavy atom. The average Bonchev–Trinajstić information content (AvgIpc) is 2.96. The molecule has 1 unspecified atom stereocenters. The Labute approximate surface area is 249 Å². The predicted molar refractivity (Wildman–Crippen MR) is 173 cm³/mol. The number of aliphatic hydroxyl groups is 1. The van der Waals surface area contributed by atoms with E-state index in [0.717, 1.165) is 19.3 Å². The van der Waals surface area contributed by atoms with Crippen LogP contribution in [0.25, 0.3) is 0 Å². The minimum atomic E-state index is -0.536. The zero-order chi connectivity index (χ0) is 29.2. The van der Waals surface area contributed by atoms with E-state index in [2.05, 4.69) is 38.2 Å². The molecule has 0 heterocycles. The third kappa shape index (κ3) is 31.4. The quantitative estimate of drug-likeness (QED) is 0.0501. The summed E-state index contributed by atoms with van der Waals surface area (Å²) in [6.07, 6.45) is 39.3. The van der Waals surface area contributed by atoms with Crippen LogP contribution in [0.1, 0.15) is 174 Å². The molecule has 0 amide bonds. The molecule has 1 atom stereocenters. The van der Waals surface area contributed by atoms with Crippen LogP contribution < -0.4 is 0 Å². The van der Waals surface area contributed by atoms with Crippen LogP contribution in [0.3, 0.4) is 0 Å². The van der Waals surface area contributed by atoms with E-state index >= 15 is 0 Å². The number of hydrogen-bond acceptors (Lipinski definition) is 4. The maximum absolute atomic E-state index is 12.1. The zero-order valence-corrected chi connectivity index (χ0v) is 26.9. The molecule has 0 aliphatic carbocycles. The van der Waals surface area contributed by atoms with Gasteiger partial charge in [-0.05, 0) is 57.8 Å². The molecule has 0 radical (unpaired) electrons. The third-order valence-corrected chi connectivity index (χ3v) is 7.50. The Balaban J connectivity index is 3.44. The fourth-order valence-corrected chi connectivity index (χ4v) is 4.83. The number of ether oxygens (including phenoxy) is 2. The van der Waals surface area contributed by atoms with Crippen LogP contribution in [-0.2, 0) is 14.3 Å². The molecule has 4 heteroatoms. The van der Waals surface area contributed by atoms with E-state index in [4.69, 9.17) is 9.47 Å². The van der Waals surface area contributed by atoms with Crippen LogP contribution in [0.15, 0.2) is 24.3 Å². The third-order valence-electron chi connectivity index (χ3n) is 7.50. The van der Waals surface area contributed by atoms with Crippen molar-refractivity contribution in [2.75, 3.05) is 19.8 Å². The Hall–Kier alpha value is -1.13. The number of esters is 1. The SMILES string of the molecule is CCCC/C=C\CCCCCCCC(=O)OC(CO)COCCCCCCCC/C=C\CCCCCCCCC. The van der Waals surface area contributed by atoms with Crippen LogP contribution >= 0.6 is 0 Å². The lowest BCUT2D eigenvalue weighted by molar-refractivity contribution is -0.154. The van der Waals surface area contributed by atoms with Crippen molar-refractivity contribution in [3.63, 3.8) is 0 Å². The zero-order valence-electron chi connectivity index (χ0n) is 26.9. The molecule has 0 bridgehead atoms. The van der Waals surface area contributed by atoms with E-state index in [1.165, 1.54) is 135 Å². The first-order valence-corrected chi connectivity index (χ1v) is 17.4. The molecule has 0 aromatic rings. The van der Waals surface area contributed by atoms with Gasteiger partial charge in [0.15, 0.2) is 0 Å². The van der Waals surface area contributed by atoms with Gasteiger partial charge in [-0.3, -0.25) is 4.79 Å². The summed E-state index contributed by atoms with van der Waals surface area (Å²) in [6.45, 7) is 5.29. The fraction of sp³-hybridized carbons (Fsp3) is 0.861. The normalized spacial score (nSPS) is 12.6. The summed E-state index contributed by atoms with van der Waals surface area (Å²) in [5, 5.41) is 9.52. The molecule has 0 aliphatic rings. The van der Waals surface area contributed by atoms with Gasteiger partial charge in [-0.15, -0.1) is 0 Å². The predicted octanol–water partition coefficient (Wildman–Crippen LogP) is 10.8. The Kier molecular flexibility index (Phi) is 33.1. The van der Waals surface area contributed by atoms with E-state index < -0.39 is 6.10 Å². The first-order chi connectivity index (χ1) is 19.7. The summed E-state index contributed by atoms with van der Waals surface area (Å²) in [7, 11) is 0. The van der Waals surface area contributed by atoms with Gasteiger partial charge >= 0.3 is 5.97 Å². The second-order valence-electron chi connectivity index (χ2n) is 11.6. The molecule has 0 fully saturated rings. The Morgan fingerprint density at radius 3 is 1.50 bits per heavy atom. The highest BCUT2D eigenvalue weighted by Gasteiger charge is 2.13. The van der Waals surface area contributed by atoms with Crippen LogP contribution in [0.4, 0.5) is 0 Å². The van der Waals surface area contributed by atoms with Gasteiger partial charge < -0.3 is 14.6 Å². The van der Waals surface area contributed by atoms with Crippen LogP contribution in [0.5, 0.6) is 0 Å². The van der Waals surface area contributed by atoms with Crippen LogP contribution in [0, 0.1) is 0 Å². The molecule has 0 aromatic heterocycles. The summed E-state index contributed by atoms with van der Waals surface area (Å²) < 4.78 is 11.1. The van der Waals surface area contributed by atoms with Crippen molar-refractivity contribution in [2.24, 2.45) is 0 Å². The van der Waals surface area contributed by atoms with E-state index in [1.807, 2.05) is 0 Å². The monoisotopic (exact) mass is 565 g/mol. The molecule has 0 aromatic carbocycles. The summed E-state index contributed by atoms with van der Waals surface area (Å²) in [5.41, 5.74) is 0. The topological polar surface area (TPSA) is 55.8 Å². The summed E-state index contributed by atoms with van der Waals surface area (Å²) in [6, 6.07) is 0. The number of allylic oxidation sites excluding steroid dienone is 4. The van der Waals surface area contributed by atoms with Gasteiger partial charge in [0.25, 0.3) is 0 Å². The minimum absolute atomic E-state index is 0.176. The van der Waals surface area contributed by atoms with Crippen molar-refractivity contribution in [2.45, 2.75) is 180 Å². The first-order valence-electron chi connectivity index (χ1n) is 17.4. The number of unbranched alkanes of at least 4 members (excludes halogenated alkanes) is 20. The van der Waals surface area contributed by atoms with Gasteiger partial charge in [0.2, 0.25) is 0 Å². The second-order valence-corrected chi connectivity index (χ2v) is 11.6. The molecule has 1 N–H and O–H groups in total. The highest BCUT2D eigenvalue weighted by Crippen LogP contribution is 2.12. The lowest BCUT2D eigenvalue weighted by Crippen LogP contribution is -2.27. The maximum atomic E-state index is 12.1. The van der Waals surface area contributed by atoms with Crippen molar-refractivity contribution < 1.29 is 19.4 Å². The van der Waals surface area contributed by atoms with Gasteiger partial charge in [-0.1, -0.05) is 134 Å². The van der Waals surface area contributed by atoms with Crippen molar-refractivity contribution >= 4 is 5.97 Å². The van der Waals surface area contributed by atoms with Crippen LogP contribution in [0.2, 0.25) is 0 Å². The molecule has 0 saturated heterocycles. The van der Waals surface area contributed by atoms with Crippen molar-refractivity contribution in [3.05, 3.63) is 24.3 Å². The number of carbonyl (C=O) groups is 1.